The van der Waals surface area contributed by atoms with Crippen molar-refractivity contribution in [3.05, 3.63) is 0 Å². The molecule has 3 heteroatoms. The van der Waals surface area contributed by atoms with E-state index in [2.05, 4.69) is 25.7 Å². The van der Waals surface area contributed by atoms with Gasteiger partial charge in [-0.05, 0) is 50.6 Å². The normalized spacial score (nSPS) is 23.5. The Kier molecular flexibility index (Phi) is 8.67. The zero-order chi connectivity index (χ0) is 14.1. The molecule has 0 aromatic carbocycles. The lowest BCUT2D eigenvalue weighted by Crippen LogP contribution is -2.35. The number of hydrogen-bond acceptors (Lipinski definition) is 3. The summed E-state index contributed by atoms with van der Waals surface area (Å²) in [4.78, 5) is 2.41. The van der Waals surface area contributed by atoms with Gasteiger partial charge in [-0.2, -0.15) is 0 Å². The summed E-state index contributed by atoms with van der Waals surface area (Å²) >= 11 is 0. The molecule has 2 unspecified atom stereocenters. The monoisotopic (exact) mass is 271 g/mol. The number of hydrogen-bond donors (Lipinski definition) is 1. The highest BCUT2D eigenvalue weighted by atomic mass is 16.5. The number of unbranched alkanes of at least 4 members (excludes halogenated alkanes) is 1. The smallest absolute Gasteiger partial charge is 0.0900 e. The van der Waals surface area contributed by atoms with Gasteiger partial charge in [0.25, 0.3) is 0 Å². The summed E-state index contributed by atoms with van der Waals surface area (Å²) in [7, 11) is 0. The van der Waals surface area contributed by atoms with Gasteiger partial charge in [0.15, 0.2) is 0 Å². The van der Waals surface area contributed by atoms with E-state index in [1.165, 1.54) is 19.3 Å². The van der Waals surface area contributed by atoms with Gasteiger partial charge < -0.3 is 14.7 Å². The number of aliphatic hydroxyl groups is 1. The van der Waals surface area contributed by atoms with Gasteiger partial charge in [-0.1, -0.05) is 27.2 Å². The van der Waals surface area contributed by atoms with Crippen LogP contribution in [0.3, 0.4) is 0 Å². The fraction of sp³-hybridized carbons (Fsp3) is 1.00. The van der Waals surface area contributed by atoms with Gasteiger partial charge >= 0.3 is 0 Å². The van der Waals surface area contributed by atoms with Crippen LogP contribution in [0.25, 0.3) is 0 Å². The predicted molar refractivity (Wildman–Crippen MR) is 80.4 cm³/mol. The topological polar surface area (TPSA) is 32.7 Å². The van der Waals surface area contributed by atoms with Crippen LogP contribution in [-0.2, 0) is 4.74 Å². The van der Waals surface area contributed by atoms with Crippen LogP contribution in [0.4, 0.5) is 0 Å². The molecule has 1 aliphatic heterocycles. The molecule has 3 nitrogen and oxygen atoms in total. The maximum Gasteiger partial charge on any atom is 0.0900 e. The molecule has 2 atom stereocenters. The van der Waals surface area contributed by atoms with Crippen LogP contribution in [0.5, 0.6) is 0 Å². The molecule has 0 amide bonds. The van der Waals surface area contributed by atoms with Gasteiger partial charge in [0.1, 0.15) is 0 Å². The maximum absolute atomic E-state index is 10.0. The van der Waals surface area contributed by atoms with Crippen molar-refractivity contribution in [2.75, 3.05) is 32.8 Å². The Morgan fingerprint density at radius 2 is 2.05 bits per heavy atom. The number of aliphatic hydroxyl groups excluding tert-OH is 1. The zero-order valence-electron chi connectivity index (χ0n) is 13.1. The van der Waals surface area contributed by atoms with Crippen molar-refractivity contribution in [3.63, 3.8) is 0 Å². The summed E-state index contributed by atoms with van der Waals surface area (Å²) < 4.78 is 5.49. The number of β-amino-alcohol motifs (C(OH)–C–C–N with tert-alkyl or cyclic N) is 1. The van der Waals surface area contributed by atoms with Crippen molar-refractivity contribution in [1.29, 1.82) is 0 Å². The average Bonchev–Trinajstić information content (AvgIpc) is 2.60. The number of rotatable bonds is 8. The number of ether oxygens (including phenoxy) is 1. The summed E-state index contributed by atoms with van der Waals surface area (Å²) in [5, 5.41) is 10.0. The molecule has 114 valence electrons. The lowest BCUT2D eigenvalue weighted by atomic mass is 9.89. The molecular formula is C16H33NO2. The molecule has 19 heavy (non-hydrogen) atoms. The summed E-state index contributed by atoms with van der Waals surface area (Å²) in [6, 6.07) is 0. The van der Waals surface area contributed by atoms with Gasteiger partial charge in [-0.3, -0.25) is 0 Å². The van der Waals surface area contributed by atoms with Crippen molar-refractivity contribution >= 4 is 0 Å². The van der Waals surface area contributed by atoms with E-state index in [9.17, 15) is 5.11 Å². The fourth-order valence-electron chi connectivity index (χ4n) is 2.85. The van der Waals surface area contributed by atoms with E-state index in [1.807, 2.05) is 0 Å². The molecule has 0 radical (unpaired) electrons. The van der Waals surface area contributed by atoms with Gasteiger partial charge in [0.2, 0.25) is 0 Å². The largest absolute Gasteiger partial charge is 0.389 e. The lowest BCUT2D eigenvalue weighted by molar-refractivity contribution is 0.0161. The second-order valence-corrected chi connectivity index (χ2v) is 6.32. The molecule has 1 heterocycles. The molecule has 0 aliphatic carbocycles. The second-order valence-electron chi connectivity index (χ2n) is 6.32. The van der Waals surface area contributed by atoms with Crippen molar-refractivity contribution < 1.29 is 9.84 Å². The lowest BCUT2D eigenvalue weighted by Gasteiger charge is -2.23. The van der Waals surface area contributed by atoms with E-state index >= 15 is 0 Å². The first-order valence-electron chi connectivity index (χ1n) is 8.11. The van der Waals surface area contributed by atoms with Crippen LogP contribution < -0.4 is 0 Å². The average molecular weight is 271 g/mol. The van der Waals surface area contributed by atoms with E-state index in [-0.39, 0.29) is 6.10 Å². The summed E-state index contributed by atoms with van der Waals surface area (Å²) in [6.45, 7) is 11.1. The summed E-state index contributed by atoms with van der Waals surface area (Å²) in [5.74, 6) is 1.66. The minimum Gasteiger partial charge on any atom is -0.389 e. The third kappa shape index (κ3) is 7.28. The first kappa shape index (κ1) is 16.9. The minimum atomic E-state index is -0.326. The summed E-state index contributed by atoms with van der Waals surface area (Å²) in [6.07, 6.45) is 5.81. The number of likely N-dealkylation sites (tertiary alicyclic amines) is 1. The zero-order valence-corrected chi connectivity index (χ0v) is 13.1. The Morgan fingerprint density at radius 1 is 1.26 bits per heavy atom. The van der Waals surface area contributed by atoms with Gasteiger partial charge in [-0.15, -0.1) is 0 Å². The van der Waals surface area contributed by atoms with E-state index in [0.29, 0.717) is 6.61 Å². The van der Waals surface area contributed by atoms with Crippen molar-refractivity contribution in [3.8, 4) is 0 Å². The Hall–Kier alpha value is -0.120. The quantitative estimate of drug-likeness (QED) is 0.689. The first-order valence-corrected chi connectivity index (χ1v) is 8.11. The molecule has 1 saturated heterocycles. The molecule has 0 aromatic heterocycles. The van der Waals surface area contributed by atoms with Crippen molar-refractivity contribution in [2.45, 2.75) is 59.0 Å². The standard InChI is InChI=1S/C16H33NO2/c1-4-5-11-19-13-16(18)12-17-9-6-7-15(8-10-17)14(2)3/h14-16,18H,4-13H2,1-3H3. The molecular weight excluding hydrogens is 238 g/mol. The van der Waals surface area contributed by atoms with Crippen LogP contribution in [0.2, 0.25) is 0 Å². The molecule has 0 bridgehead atoms. The van der Waals surface area contributed by atoms with Crippen LogP contribution in [0.15, 0.2) is 0 Å². The first-order chi connectivity index (χ1) is 9.13. The Balaban J connectivity index is 2.17. The maximum atomic E-state index is 10.0. The van der Waals surface area contributed by atoms with Crippen LogP contribution in [-0.4, -0.2) is 49.0 Å². The third-order valence-corrected chi connectivity index (χ3v) is 4.23. The highest BCUT2D eigenvalue weighted by Gasteiger charge is 2.20. The van der Waals surface area contributed by atoms with E-state index in [0.717, 1.165) is 50.9 Å². The van der Waals surface area contributed by atoms with Crippen molar-refractivity contribution in [1.82, 2.24) is 4.90 Å². The molecule has 0 saturated carbocycles. The predicted octanol–water partition coefficient (Wildman–Crippen LogP) is 2.92. The fourth-order valence-corrected chi connectivity index (χ4v) is 2.85. The molecule has 1 aliphatic rings. The Labute approximate surface area is 119 Å². The van der Waals surface area contributed by atoms with Crippen LogP contribution in [0.1, 0.15) is 52.9 Å². The molecule has 1 fully saturated rings. The third-order valence-electron chi connectivity index (χ3n) is 4.23. The highest BCUT2D eigenvalue weighted by Crippen LogP contribution is 2.24. The Bertz CT molecular complexity index is 221. The van der Waals surface area contributed by atoms with Gasteiger partial charge in [0, 0.05) is 13.2 Å². The second kappa shape index (κ2) is 9.73. The summed E-state index contributed by atoms with van der Waals surface area (Å²) in [5.41, 5.74) is 0. The van der Waals surface area contributed by atoms with Crippen LogP contribution in [0, 0.1) is 11.8 Å². The molecule has 1 N–H and O–H groups in total. The number of nitrogens with zero attached hydrogens (tertiary/aromatic N) is 1. The van der Waals surface area contributed by atoms with Gasteiger partial charge in [0.05, 0.1) is 12.7 Å². The molecule has 0 spiro atoms. The minimum absolute atomic E-state index is 0.326. The van der Waals surface area contributed by atoms with Gasteiger partial charge in [-0.25, -0.2) is 0 Å². The molecule has 1 rings (SSSR count). The Morgan fingerprint density at radius 3 is 2.74 bits per heavy atom. The van der Waals surface area contributed by atoms with Crippen LogP contribution >= 0.6 is 0 Å². The van der Waals surface area contributed by atoms with E-state index in [1.54, 1.807) is 0 Å². The molecule has 0 aromatic rings. The SMILES string of the molecule is CCCCOCC(O)CN1CCCC(C(C)C)CC1. The van der Waals surface area contributed by atoms with E-state index in [4.69, 9.17) is 4.74 Å². The van der Waals surface area contributed by atoms with E-state index < -0.39 is 0 Å². The highest BCUT2D eigenvalue weighted by molar-refractivity contribution is 4.74. The van der Waals surface area contributed by atoms with Crippen molar-refractivity contribution in [2.24, 2.45) is 11.8 Å².